The smallest absolute Gasteiger partial charge is 0.163 e. The first kappa shape index (κ1) is 13.7. The molecule has 3 rings (SSSR count). The number of halogens is 1. The Labute approximate surface area is 123 Å². The third kappa shape index (κ3) is 2.94. The summed E-state index contributed by atoms with van der Waals surface area (Å²) in [5.74, 6) is 1.30. The minimum Gasteiger partial charge on any atom is -0.486 e. The second-order valence-electron chi connectivity index (χ2n) is 4.99. The summed E-state index contributed by atoms with van der Waals surface area (Å²) in [6, 6.07) is 12.5. The number of anilines is 1. The maximum Gasteiger partial charge on any atom is 0.163 e. The summed E-state index contributed by atoms with van der Waals surface area (Å²) in [4.78, 5) is 0. The Kier molecular flexibility index (Phi) is 3.95. The minimum absolute atomic E-state index is 0.0752. The summed E-state index contributed by atoms with van der Waals surface area (Å²) >= 11 is 0. The van der Waals surface area contributed by atoms with E-state index in [2.05, 4.69) is 5.32 Å². The van der Waals surface area contributed by atoms with Gasteiger partial charge in [-0.3, -0.25) is 0 Å². The maximum absolute atomic E-state index is 13.9. The van der Waals surface area contributed by atoms with Crippen LogP contribution < -0.4 is 14.8 Å². The predicted octanol–water partition coefficient (Wildman–Crippen LogP) is 4.16. The van der Waals surface area contributed by atoms with Crippen LogP contribution in [0.1, 0.15) is 24.9 Å². The molecular weight excluding hydrogens is 269 g/mol. The van der Waals surface area contributed by atoms with Gasteiger partial charge in [0, 0.05) is 17.3 Å². The fraction of sp³-hybridized carbons (Fsp3) is 0.294. The lowest BCUT2D eigenvalue weighted by atomic mass is 10.0. The molecule has 1 heterocycles. The Morgan fingerprint density at radius 2 is 1.86 bits per heavy atom. The van der Waals surface area contributed by atoms with Crippen molar-refractivity contribution >= 4 is 5.69 Å². The van der Waals surface area contributed by atoms with E-state index in [0.29, 0.717) is 18.8 Å². The molecule has 110 valence electrons. The van der Waals surface area contributed by atoms with E-state index in [0.717, 1.165) is 23.6 Å². The number of ether oxygens (including phenoxy) is 2. The zero-order chi connectivity index (χ0) is 14.7. The molecule has 2 aromatic carbocycles. The van der Waals surface area contributed by atoms with Crippen molar-refractivity contribution in [2.75, 3.05) is 18.5 Å². The van der Waals surface area contributed by atoms with Gasteiger partial charge in [-0.25, -0.2) is 4.39 Å². The number of nitrogens with one attached hydrogen (secondary N) is 1. The number of rotatable bonds is 4. The molecule has 0 fully saturated rings. The van der Waals surface area contributed by atoms with Gasteiger partial charge in [-0.05, 0) is 24.6 Å². The first-order valence-electron chi connectivity index (χ1n) is 7.18. The van der Waals surface area contributed by atoms with Gasteiger partial charge < -0.3 is 14.8 Å². The molecule has 0 amide bonds. The Morgan fingerprint density at radius 1 is 1.10 bits per heavy atom. The molecule has 0 radical (unpaired) electrons. The van der Waals surface area contributed by atoms with Crippen LogP contribution in [0.15, 0.2) is 42.5 Å². The quantitative estimate of drug-likeness (QED) is 0.916. The average molecular weight is 287 g/mol. The van der Waals surface area contributed by atoms with Crippen molar-refractivity contribution < 1.29 is 13.9 Å². The lowest BCUT2D eigenvalue weighted by Gasteiger charge is -2.22. The highest BCUT2D eigenvalue weighted by atomic mass is 19.1. The number of hydrogen-bond donors (Lipinski definition) is 1. The van der Waals surface area contributed by atoms with Crippen LogP contribution in [0.4, 0.5) is 10.1 Å². The van der Waals surface area contributed by atoms with Crippen molar-refractivity contribution in [3.05, 3.63) is 53.8 Å². The van der Waals surface area contributed by atoms with Crippen LogP contribution >= 0.6 is 0 Å². The van der Waals surface area contributed by atoms with Crippen LogP contribution in [0, 0.1) is 5.82 Å². The van der Waals surface area contributed by atoms with Crippen LogP contribution in [0.3, 0.4) is 0 Å². The molecule has 1 unspecified atom stereocenters. The van der Waals surface area contributed by atoms with E-state index in [9.17, 15) is 4.39 Å². The largest absolute Gasteiger partial charge is 0.486 e. The zero-order valence-electron chi connectivity index (χ0n) is 11.9. The summed E-state index contributed by atoms with van der Waals surface area (Å²) in [7, 11) is 0. The highest BCUT2D eigenvalue weighted by Crippen LogP contribution is 2.34. The van der Waals surface area contributed by atoms with E-state index in [4.69, 9.17) is 9.47 Å². The highest BCUT2D eigenvalue weighted by molar-refractivity contribution is 5.56. The van der Waals surface area contributed by atoms with Gasteiger partial charge in [-0.2, -0.15) is 0 Å². The van der Waals surface area contributed by atoms with Gasteiger partial charge in [-0.15, -0.1) is 0 Å². The van der Waals surface area contributed by atoms with Gasteiger partial charge in [0.05, 0.1) is 6.04 Å². The number of hydrogen-bond acceptors (Lipinski definition) is 3. The third-order valence-electron chi connectivity index (χ3n) is 3.57. The predicted molar refractivity (Wildman–Crippen MR) is 80.5 cm³/mol. The van der Waals surface area contributed by atoms with E-state index in [1.807, 2.05) is 37.3 Å². The molecule has 21 heavy (non-hydrogen) atoms. The normalized spacial score (nSPS) is 14.6. The SMILES string of the molecule is CCC(Nc1ccc2c(c1)OCCO2)c1ccccc1F. The number of fused-ring (bicyclic) bond motifs is 1. The Hall–Kier alpha value is -2.23. The van der Waals surface area contributed by atoms with Crippen LogP contribution in [0.25, 0.3) is 0 Å². The number of benzene rings is 2. The van der Waals surface area contributed by atoms with Crippen molar-refractivity contribution in [2.24, 2.45) is 0 Å². The van der Waals surface area contributed by atoms with Crippen molar-refractivity contribution in [3.63, 3.8) is 0 Å². The van der Waals surface area contributed by atoms with Gasteiger partial charge in [0.25, 0.3) is 0 Å². The van der Waals surface area contributed by atoms with Crippen molar-refractivity contribution in [3.8, 4) is 11.5 Å². The minimum atomic E-state index is -0.186. The topological polar surface area (TPSA) is 30.5 Å². The van der Waals surface area contributed by atoms with Crippen molar-refractivity contribution in [1.82, 2.24) is 0 Å². The monoisotopic (exact) mass is 287 g/mol. The van der Waals surface area contributed by atoms with E-state index >= 15 is 0 Å². The van der Waals surface area contributed by atoms with Crippen LogP contribution in [-0.4, -0.2) is 13.2 Å². The molecule has 0 spiro atoms. The molecule has 0 saturated heterocycles. The van der Waals surface area contributed by atoms with Crippen LogP contribution in [0.2, 0.25) is 0 Å². The first-order valence-corrected chi connectivity index (χ1v) is 7.18. The molecule has 1 aliphatic heterocycles. The van der Waals surface area contributed by atoms with Crippen LogP contribution in [-0.2, 0) is 0 Å². The van der Waals surface area contributed by atoms with Gasteiger partial charge >= 0.3 is 0 Å². The van der Waals surface area contributed by atoms with E-state index < -0.39 is 0 Å². The van der Waals surface area contributed by atoms with E-state index in [1.165, 1.54) is 6.07 Å². The molecule has 0 bridgehead atoms. The molecule has 1 atom stereocenters. The second kappa shape index (κ2) is 6.04. The third-order valence-corrected chi connectivity index (χ3v) is 3.57. The first-order chi connectivity index (χ1) is 10.3. The fourth-order valence-electron chi connectivity index (χ4n) is 2.49. The fourth-order valence-corrected chi connectivity index (χ4v) is 2.49. The molecule has 0 aromatic heterocycles. The summed E-state index contributed by atoms with van der Waals surface area (Å²) in [5, 5.41) is 3.36. The molecular formula is C17H18FNO2. The highest BCUT2D eigenvalue weighted by Gasteiger charge is 2.16. The molecule has 0 saturated carbocycles. The van der Waals surface area contributed by atoms with Gasteiger partial charge in [0.2, 0.25) is 0 Å². The van der Waals surface area contributed by atoms with Crippen molar-refractivity contribution in [1.29, 1.82) is 0 Å². The lowest BCUT2D eigenvalue weighted by Crippen LogP contribution is -2.16. The Bertz CT molecular complexity index is 630. The van der Waals surface area contributed by atoms with Gasteiger partial charge in [0.15, 0.2) is 11.5 Å². The summed E-state index contributed by atoms with van der Waals surface area (Å²) in [6.45, 7) is 3.16. The summed E-state index contributed by atoms with van der Waals surface area (Å²) < 4.78 is 25.0. The van der Waals surface area contributed by atoms with Gasteiger partial charge in [0.1, 0.15) is 19.0 Å². The van der Waals surface area contributed by atoms with Crippen molar-refractivity contribution in [2.45, 2.75) is 19.4 Å². The zero-order valence-corrected chi connectivity index (χ0v) is 11.9. The molecule has 2 aromatic rings. The van der Waals surface area contributed by atoms with E-state index in [1.54, 1.807) is 6.07 Å². The molecule has 0 aliphatic carbocycles. The standard InChI is InChI=1S/C17H18FNO2/c1-2-15(13-5-3-4-6-14(13)18)19-12-7-8-16-17(11-12)21-10-9-20-16/h3-8,11,15,19H,2,9-10H2,1H3. The average Bonchev–Trinajstić information content (AvgIpc) is 2.53. The molecule has 3 nitrogen and oxygen atoms in total. The van der Waals surface area contributed by atoms with E-state index in [-0.39, 0.29) is 11.9 Å². The second-order valence-corrected chi connectivity index (χ2v) is 4.99. The van der Waals surface area contributed by atoms with Gasteiger partial charge in [-0.1, -0.05) is 25.1 Å². The van der Waals surface area contributed by atoms with Crippen LogP contribution in [0.5, 0.6) is 11.5 Å². The summed E-state index contributed by atoms with van der Waals surface area (Å²) in [5.41, 5.74) is 1.57. The molecule has 1 N–H and O–H groups in total. The Balaban J connectivity index is 1.83. The molecule has 1 aliphatic rings. The summed E-state index contributed by atoms with van der Waals surface area (Å²) in [6.07, 6.45) is 0.787. The lowest BCUT2D eigenvalue weighted by molar-refractivity contribution is 0.171. The maximum atomic E-state index is 13.9. The molecule has 4 heteroatoms. The Morgan fingerprint density at radius 3 is 2.62 bits per heavy atom.